The van der Waals surface area contributed by atoms with Gasteiger partial charge in [-0.2, -0.15) is 23.5 Å². The Morgan fingerprint density at radius 2 is 1.88 bits per heavy atom. The van der Waals surface area contributed by atoms with Gasteiger partial charge in [0.25, 0.3) is 0 Å². The number of alkyl halides is 3. The minimum Gasteiger partial charge on any atom is -0.381 e. The molecule has 2 aromatic carbocycles. The summed E-state index contributed by atoms with van der Waals surface area (Å²) >= 11 is 6.00. The molecular weight excluding hydrogens is 365 g/mol. The molecule has 0 bridgehead atoms. The Balaban J connectivity index is 1.77. The topological polar surface area (TPSA) is 64.5 Å². The summed E-state index contributed by atoms with van der Waals surface area (Å²) in [5.41, 5.74) is 2.41. The van der Waals surface area contributed by atoms with E-state index in [4.69, 9.17) is 16.9 Å². The molecule has 0 amide bonds. The smallest absolute Gasteiger partial charge is 0.381 e. The van der Waals surface area contributed by atoms with Crippen LogP contribution < -0.4 is 5.32 Å². The first-order valence-corrected chi connectivity index (χ1v) is 7.89. The van der Waals surface area contributed by atoms with Gasteiger partial charge < -0.3 is 5.32 Å². The molecule has 0 aliphatic rings. The van der Waals surface area contributed by atoms with Crippen molar-refractivity contribution in [3.8, 4) is 17.3 Å². The fourth-order valence-corrected chi connectivity index (χ4v) is 2.66. The van der Waals surface area contributed by atoms with Crippen LogP contribution in [-0.4, -0.2) is 10.2 Å². The van der Waals surface area contributed by atoms with Crippen LogP contribution in [0.15, 0.2) is 48.7 Å². The minimum atomic E-state index is -4.37. The van der Waals surface area contributed by atoms with Gasteiger partial charge in [-0.25, -0.2) is 0 Å². The number of hydrogen-bond donors (Lipinski definition) is 2. The van der Waals surface area contributed by atoms with Gasteiger partial charge in [-0.05, 0) is 35.9 Å². The molecule has 2 N–H and O–H groups in total. The van der Waals surface area contributed by atoms with Gasteiger partial charge in [-0.15, -0.1) is 0 Å². The SMILES string of the molecule is N#Cc1ccc(NCc2cn[nH]c2-c2ccc(C(F)(F)F)cc2)cc1Cl. The summed E-state index contributed by atoms with van der Waals surface area (Å²) in [6.07, 6.45) is -2.77. The second kappa shape index (κ2) is 7.10. The molecule has 0 radical (unpaired) electrons. The van der Waals surface area contributed by atoms with Crippen molar-refractivity contribution in [1.29, 1.82) is 5.26 Å². The Labute approximate surface area is 152 Å². The predicted octanol–water partition coefficient (Wildman–Crippen LogP) is 5.23. The van der Waals surface area contributed by atoms with E-state index in [0.29, 0.717) is 34.1 Å². The zero-order valence-electron chi connectivity index (χ0n) is 13.2. The molecule has 0 fully saturated rings. The van der Waals surface area contributed by atoms with Crippen LogP contribution in [-0.2, 0) is 12.7 Å². The molecule has 0 aliphatic heterocycles. The molecule has 0 aliphatic carbocycles. The number of halogens is 4. The van der Waals surface area contributed by atoms with Crippen LogP contribution in [0, 0.1) is 11.3 Å². The zero-order chi connectivity index (χ0) is 18.7. The number of rotatable bonds is 4. The van der Waals surface area contributed by atoms with Crippen LogP contribution in [0.25, 0.3) is 11.3 Å². The molecule has 132 valence electrons. The van der Waals surface area contributed by atoms with E-state index in [-0.39, 0.29) is 0 Å². The van der Waals surface area contributed by atoms with E-state index in [9.17, 15) is 13.2 Å². The number of H-pyrrole nitrogens is 1. The highest BCUT2D eigenvalue weighted by atomic mass is 35.5. The van der Waals surface area contributed by atoms with Crippen LogP contribution in [0.5, 0.6) is 0 Å². The quantitative estimate of drug-likeness (QED) is 0.655. The fourth-order valence-electron chi connectivity index (χ4n) is 2.43. The number of benzene rings is 2. The van der Waals surface area contributed by atoms with Crippen molar-refractivity contribution in [3.05, 3.63) is 70.4 Å². The Kier molecular flexibility index (Phi) is 4.87. The van der Waals surface area contributed by atoms with Crippen molar-refractivity contribution in [2.24, 2.45) is 0 Å². The fraction of sp³-hybridized carbons (Fsp3) is 0.111. The maximum Gasteiger partial charge on any atom is 0.416 e. The molecule has 0 saturated carbocycles. The Morgan fingerprint density at radius 3 is 2.50 bits per heavy atom. The summed E-state index contributed by atoms with van der Waals surface area (Å²) < 4.78 is 38.0. The molecule has 0 atom stereocenters. The van der Waals surface area contributed by atoms with Crippen LogP contribution in [0.3, 0.4) is 0 Å². The van der Waals surface area contributed by atoms with E-state index in [1.807, 2.05) is 6.07 Å². The Morgan fingerprint density at radius 1 is 1.15 bits per heavy atom. The lowest BCUT2D eigenvalue weighted by Crippen LogP contribution is -2.04. The maximum absolute atomic E-state index is 12.7. The second-order valence-electron chi connectivity index (χ2n) is 5.51. The molecule has 3 rings (SSSR count). The summed E-state index contributed by atoms with van der Waals surface area (Å²) in [6, 6.07) is 11.8. The summed E-state index contributed by atoms with van der Waals surface area (Å²) in [7, 11) is 0. The van der Waals surface area contributed by atoms with E-state index in [1.165, 1.54) is 12.1 Å². The van der Waals surface area contributed by atoms with Crippen molar-refractivity contribution in [3.63, 3.8) is 0 Å². The van der Waals surface area contributed by atoms with Crippen molar-refractivity contribution in [2.75, 3.05) is 5.32 Å². The average Bonchev–Trinajstić information content (AvgIpc) is 3.08. The molecular formula is C18H12ClF3N4. The van der Waals surface area contributed by atoms with Gasteiger partial charge in [-0.3, -0.25) is 5.10 Å². The van der Waals surface area contributed by atoms with E-state index in [2.05, 4.69) is 15.5 Å². The molecule has 3 aromatic rings. The predicted molar refractivity (Wildman–Crippen MR) is 92.5 cm³/mol. The second-order valence-corrected chi connectivity index (χ2v) is 5.91. The molecule has 4 nitrogen and oxygen atoms in total. The number of hydrogen-bond acceptors (Lipinski definition) is 3. The standard InChI is InChI=1S/C18H12ClF3N4/c19-16-7-15(6-3-12(16)8-23)24-9-13-10-25-26-17(13)11-1-4-14(5-2-11)18(20,21)22/h1-7,10,24H,9H2,(H,25,26). The van der Waals surface area contributed by atoms with Crippen LogP contribution in [0.2, 0.25) is 5.02 Å². The number of aromatic nitrogens is 2. The Hall–Kier alpha value is -2.98. The van der Waals surface area contributed by atoms with Crippen molar-refractivity contribution < 1.29 is 13.2 Å². The summed E-state index contributed by atoms with van der Waals surface area (Å²) in [5.74, 6) is 0. The monoisotopic (exact) mass is 376 g/mol. The van der Waals surface area contributed by atoms with Gasteiger partial charge >= 0.3 is 6.18 Å². The number of nitrogens with one attached hydrogen (secondary N) is 2. The van der Waals surface area contributed by atoms with Gasteiger partial charge in [0, 0.05) is 17.8 Å². The van der Waals surface area contributed by atoms with Crippen LogP contribution >= 0.6 is 11.6 Å². The maximum atomic E-state index is 12.7. The first-order valence-electron chi connectivity index (χ1n) is 7.52. The van der Waals surface area contributed by atoms with Gasteiger partial charge in [0.15, 0.2) is 0 Å². The van der Waals surface area contributed by atoms with Gasteiger partial charge in [-0.1, -0.05) is 23.7 Å². The lowest BCUT2D eigenvalue weighted by Gasteiger charge is -2.09. The highest BCUT2D eigenvalue weighted by Gasteiger charge is 2.30. The summed E-state index contributed by atoms with van der Waals surface area (Å²) in [6.45, 7) is 0.384. The van der Waals surface area contributed by atoms with Crippen LogP contribution in [0.1, 0.15) is 16.7 Å². The van der Waals surface area contributed by atoms with Gasteiger partial charge in [0.2, 0.25) is 0 Å². The van der Waals surface area contributed by atoms with Gasteiger partial charge in [0.1, 0.15) is 6.07 Å². The molecule has 1 aromatic heterocycles. The van der Waals surface area contributed by atoms with E-state index < -0.39 is 11.7 Å². The first kappa shape index (κ1) is 17.8. The number of nitriles is 1. The number of aromatic amines is 1. The number of anilines is 1. The van der Waals surface area contributed by atoms with Crippen molar-refractivity contribution in [1.82, 2.24) is 10.2 Å². The molecule has 0 unspecified atom stereocenters. The minimum absolute atomic E-state index is 0.340. The first-order chi connectivity index (χ1) is 12.4. The highest BCUT2D eigenvalue weighted by Crippen LogP contribution is 2.31. The Bertz CT molecular complexity index is 956. The van der Waals surface area contributed by atoms with E-state index in [1.54, 1.807) is 24.4 Å². The van der Waals surface area contributed by atoms with Crippen molar-refractivity contribution in [2.45, 2.75) is 12.7 Å². The van der Waals surface area contributed by atoms with Crippen molar-refractivity contribution >= 4 is 17.3 Å². The normalized spacial score (nSPS) is 11.2. The zero-order valence-corrected chi connectivity index (χ0v) is 14.0. The lowest BCUT2D eigenvalue weighted by atomic mass is 10.1. The third-order valence-corrected chi connectivity index (χ3v) is 4.10. The molecule has 0 spiro atoms. The van der Waals surface area contributed by atoms with E-state index in [0.717, 1.165) is 17.7 Å². The third-order valence-electron chi connectivity index (χ3n) is 3.79. The molecule has 1 heterocycles. The largest absolute Gasteiger partial charge is 0.416 e. The lowest BCUT2D eigenvalue weighted by molar-refractivity contribution is -0.137. The van der Waals surface area contributed by atoms with E-state index >= 15 is 0 Å². The van der Waals surface area contributed by atoms with Crippen LogP contribution in [0.4, 0.5) is 18.9 Å². The highest BCUT2D eigenvalue weighted by molar-refractivity contribution is 6.32. The molecule has 26 heavy (non-hydrogen) atoms. The summed E-state index contributed by atoms with van der Waals surface area (Å²) in [4.78, 5) is 0. The molecule has 0 saturated heterocycles. The third kappa shape index (κ3) is 3.81. The molecule has 8 heteroatoms. The average molecular weight is 377 g/mol. The van der Waals surface area contributed by atoms with Gasteiger partial charge in [0.05, 0.1) is 28.0 Å². The number of nitrogens with zero attached hydrogens (tertiary/aromatic N) is 2. The summed E-state index contributed by atoms with van der Waals surface area (Å²) in [5, 5.41) is 19.2.